The van der Waals surface area contributed by atoms with Crippen molar-refractivity contribution < 1.29 is 0 Å². The quantitative estimate of drug-likeness (QED) is 0.420. The third kappa shape index (κ3) is 3.21. The second-order valence-electron chi connectivity index (χ2n) is 8.30. The first kappa shape index (κ1) is 18.7. The first-order chi connectivity index (χ1) is 14.5. The molecule has 1 saturated heterocycles. The number of para-hydroxylation sites is 1. The molecule has 0 radical (unpaired) electrons. The molecule has 5 rings (SSSR count). The molecule has 30 heavy (non-hydrogen) atoms. The molecule has 0 spiro atoms. The zero-order valence-corrected chi connectivity index (χ0v) is 17.2. The van der Waals surface area contributed by atoms with Crippen molar-refractivity contribution in [2.24, 2.45) is 0 Å². The van der Waals surface area contributed by atoms with Crippen LogP contribution in [0.5, 0.6) is 0 Å². The molecule has 3 heterocycles. The summed E-state index contributed by atoms with van der Waals surface area (Å²) in [7, 11) is 2.18. The van der Waals surface area contributed by atoms with Gasteiger partial charge in [-0.15, -0.1) is 0 Å². The summed E-state index contributed by atoms with van der Waals surface area (Å²) in [5.41, 5.74) is 10.4. The van der Waals surface area contributed by atoms with Crippen LogP contribution in [0, 0.1) is 0 Å². The molecule has 5 N–H and O–H groups in total. The zero-order valence-electron chi connectivity index (χ0n) is 17.2. The van der Waals surface area contributed by atoms with Crippen molar-refractivity contribution in [3.8, 4) is 11.4 Å². The maximum atomic E-state index is 12.7. The highest BCUT2D eigenvalue weighted by molar-refractivity contribution is 5.97. The van der Waals surface area contributed by atoms with Crippen molar-refractivity contribution in [1.29, 1.82) is 0 Å². The number of nitrogens with zero attached hydrogens (tertiary/aromatic N) is 2. The van der Waals surface area contributed by atoms with Crippen molar-refractivity contribution in [2.75, 3.05) is 24.6 Å². The third-order valence-corrected chi connectivity index (χ3v) is 6.26. The molecule has 2 atom stereocenters. The van der Waals surface area contributed by atoms with Crippen LogP contribution in [-0.2, 0) is 0 Å². The number of imidazole rings is 1. The van der Waals surface area contributed by atoms with Crippen LogP contribution in [0.4, 0.5) is 11.4 Å². The Morgan fingerprint density at radius 2 is 2.00 bits per heavy atom. The van der Waals surface area contributed by atoms with E-state index in [1.807, 2.05) is 36.4 Å². The van der Waals surface area contributed by atoms with E-state index in [0.29, 0.717) is 29.2 Å². The molecular weight excluding hydrogens is 376 g/mol. The van der Waals surface area contributed by atoms with Gasteiger partial charge in [0.1, 0.15) is 11.4 Å². The number of benzene rings is 2. The summed E-state index contributed by atoms with van der Waals surface area (Å²) in [5.74, 6) is 0.486. The lowest BCUT2D eigenvalue weighted by molar-refractivity contribution is 0.190. The van der Waals surface area contributed by atoms with Gasteiger partial charge in [-0.1, -0.05) is 18.2 Å². The molecule has 2 aromatic carbocycles. The summed E-state index contributed by atoms with van der Waals surface area (Å²) >= 11 is 0. The summed E-state index contributed by atoms with van der Waals surface area (Å²) in [6.07, 6.45) is 2.24. The minimum Gasteiger partial charge on any atom is -0.397 e. The first-order valence-corrected chi connectivity index (χ1v) is 10.4. The number of fused-ring (bicyclic) bond motifs is 2. The van der Waals surface area contributed by atoms with Crippen molar-refractivity contribution in [3.05, 3.63) is 52.8 Å². The SMILES string of the molecule is CC1CC(Nc2ccc3nc(-c4c(N)c5ccccc5[nH]c4=O)[nH]c3c2)CCN1C. The number of anilines is 2. The second kappa shape index (κ2) is 7.18. The number of nitrogens with two attached hydrogens (primary N) is 1. The standard InChI is InChI=1S/C23H26N6O/c1-13-11-15(9-10-29(13)2)25-14-7-8-18-19(12-14)27-22(26-18)20-21(24)16-5-3-4-6-17(16)28-23(20)30/h3-8,12-13,15,25H,9-11H2,1-2H3,(H,26,27)(H3,24,28,30). The number of piperidine rings is 1. The molecule has 0 aliphatic carbocycles. The van der Waals surface area contributed by atoms with Crippen molar-refractivity contribution >= 4 is 33.3 Å². The number of pyridine rings is 1. The topological polar surface area (TPSA) is 103 Å². The number of H-pyrrole nitrogens is 2. The Kier molecular flexibility index (Phi) is 4.47. The minimum atomic E-state index is -0.246. The summed E-state index contributed by atoms with van der Waals surface area (Å²) in [5, 5.41) is 4.46. The van der Waals surface area contributed by atoms with E-state index >= 15 is 0 Å². The Morgan fingerprint density at radius 3 is 2.83 bits per heavy atom. The van der Waals surface area contributed by atoms with Gasteiger partial charge in [-0.25, -0.2) is 4.98 Å². The number of aromatic amines is 2. The molecule has 1 aliphatic heterocycles. The third-order valence-electron chi connectivity index (χ3n) is 6.26. The molecular formula is C23H26N6O. The highest BCUT2D eigenvalue weighted by atomic mass is 16.1. The van der Waals surface area contributed by atoms with E-state index < -0.39 is 0 Å². The van der Waals surface area contributed by atoms with Crippen molar-refractivity contribution in [2.45, 2.75) is 31.8 Å². The lowest BCUT2D eigenvalue weighted by Crippen LogP contribution is -2.42. The van der Waals surface area contributed by atoms with E-state index in [-0.39, 0.29) is 5.56 Å². The van der Waals surface area contributed by atoms with Gasteiger partial charge in [0.25, 0.3) is 5.56 Å². The number of nitrogens with one attached hydrogen (secondary N) is 3. The van der Waals surface area contributed by atoms with E-state index in [0.717, 1.165) is 47.0 Å². The van der Waals surface area contributed by atoms with Crippen LogP contribution in [0.3, 0.4) is 0 Å². The predicted molar refractivity (Wildman–Crippen MR) is 123 cm³/mol. The predicted octanol–water partition coefficient (Wildman–Crippen LogP) is 3.55. The molecule has 2 aromatic heterocycles. The second-order valence-corrected chi connectivity index (χ2v) is 8.30. The van der Waals surface area contributed by atoms with E-state index in [1.54, 1.807) is 0 Å². The van der Waals surface area contributed by atoms with Gasteiger partial charge in [-0.2, -0.15) is 0 Å². The van der Waals surface area contributed by atoms with Crippen LogP contribution in [0.1, 0.15) is 19.8 Å². The zero-order chi connectivity index (χ0) is 20.8. The average Bonchev–Trinajstić information content (AvgIpc) is 3.13. The Morgan fingerprint density at radius 1 is 1.17 bits per heavy atom. The molecule has 1 aliphatic rings. The maximum absolute atomic E-state index is 12.7. The summed E-state index contributed by atoms with van der Waals surface area (Å²) < 4.78 is 0. The van der Waals surface area contributed by atoms with Gasteiger partial charge in [-0.3, -0.25) is 4.79 Å². The molecule has 1 fully saturated rings. The van der Waals surface area contributed by atoms with Crippen molar-refractivity contribution in [1.82, 2.24) is 19.9 Å². The van der Waals surface area contributed by atoms with Gasteiger partial charge in [0.05, 0.1) is 22.2 Å². The Hall–Kier alpha value is -3.32. The fourth-order valence-corrected chi connectivity index (χ4v) is 4.38. The minimum absolute atomic E-state index is 0.246. The van der Waals surface area contributed by atoms with E-state index in [9.17, 15) is 4.79 Å². The molecule has 7 nitrogen and oxygen atoms in total. The number of aromatic nitrogens is 3. The van der Waals surface area contributed by atoms with E-state index in [2.05, 4.69) is 45.2 Å². The van der Waals surface area contributed by atoms with Gasteiger partial charge in [-0.05, 0) is 51.1 Å². The van der Waals surface area contributed by atoms with Gasteiger partial charge < -0.3 is 25.9 Å². The van der Waals surface area contributed by atoms with Crippen LogP contribution in [0.2, 0.25) is 0 Å². The van der Waals surface area contributed by atoms with Gasteiger partial charge in [0, 0.05) is 29.7 Å². The highest BCUT2D eigenvalue weighted by Crippen LogP contribution is 2.29. The van der Waals surface area contributed by atoms with E-state index in [4.69, 9.17) is 5.73 Å². The van der Waals surface area contributed by atoms with Crippen LogP contribution in [-0.4, -0.2) is 45.5 Å². The van der Waals surface area contributed by atoms with Crippen LogP contribution < -0.4 is 16.6 Å². The lowest BCUT2D eigenvalue weighted by Gasteiger charge is -2.35. The fraction of sp³-hybridized carbons (Fsp3) is 0.304. The Bertz CT molecular complexity index is 1290. The molecule has 0 saturated carbocycles. The molecule has 2 unspecified atom stereocenters. The Labute approximate surface area is 174 Å². The number of nitrogen functional groups attached to an aromatic ring is 1. The molecule has 4 aromatic rings. The number of hydrogen-bond acceptors (Lipinski definition) is 5. The van der Waals surface area contributed by atoms with Crippen LogP contribution in [0.15, 0.2) is 47.3 Å². The van der Waals surface area contributed by atoms with Crippen molar-refractivity contribution in [3.63, 3.8) is 0 Å². The number of rotatable bonds is 3. The van der Waals surface area contributed by atoms with Crippen LogP contribution >= 0.6 is 0 Å². The van der Waals surface area contributed by atoms with Crippen LogP contribution in [0.25, 0.3) is 33.3 Å². The first-order valence-electron chi connectivity index (χ1n) is 10.4. The van der Waals surface area contributed by atoms with Gasteiger partial charge in [0.2, 0.25) is 0 Å². The summed E-state index contributed by atoms with van der Waals surface area (Å²) in [6, 6.07) is 14.6. The monoisotopic (exact) mass is 402 g/mol. The molecule has 0 amide bonds. The largest absolute Gasteiger partial charge is 0.397 e. The fourth-order valence-electron chi connectivity index (χ4n) is 4.38. The summed E-state index contributed by atoms with van der Waals surface area (Å²) in [6.45, 7) is 3.36. The van der Waals surface area contributed by atoms with Gasteiger partial charge in [0.15, 0.2) is 0 Å². The molecule has 0 bridgehead atoms. The maximum Gasteiger partial charge on any atom is 0.261 e. The Balaban J connectivity index is 1.49. The smallest absolute Gasteiger partial charge is 0.261 e. The lowest BCUT2D eigenvalue weighted by atomic mass is 9.98. The molecule has 154 valence electrons. The molecule has 7 heteroatoms. The normalized spacial score (nSPS) is 20.1. The average molecular weight is 403 g/mol. The number of hydrogen-bond donors (Lipinski definition) is 4. The number of likely N-dealkylation sites (tertiary alicyclic amines) is 1. The van der Waals surface area contributed by atoms with Gasteiger partial charge >= 0.3 is 0 Å². The highest BCUT2D eigenvalue weighted by Gasteiger charge is 2.23. The van der Waals surface area contributed by atoms with E-state index in [1.165, 1.54) is 0 Å². The summed E-state index contributed by atoms with van der Waals surface area (Å²) in [4.78, 5) is 25.9.